The minimum atomic E-state index is -0.168. The zero-order valence-electron chi connectivity index (χ0n) is 16.4. The molecule has 0 spiro atoms. The molecule has 2 unspecified atom stereocenters. The van der Waals surface area contributed by atoms with Gasteiger partial charge in [0.1, 0.15) is 6.33 Å². The molecule has 0 radical (unpaired) electrons. The number of hydrogen-bond donors (Lipinski definition) is 4. The van der Waals surface area contributed by atoms with Gasteiger partial charge in [-0.15, -0.1) is 0 Å². The first-order chi connectivity index (χ1) is 14.3. The van der Waals surface area contributed by atoms with Crippen LogP contribution < -0.4 is 21.5 Å². The van der Waals surface area contributed by atoms with Crippen molar-refractivity contribution in [3.8, 4) is 0 Å². The van der Waals surface area contributed by atoms with E-state index in [1.54, 1.807) is 12.4 Å². The summed E-state index contributed by atoms with van der Waals surface area (Å²) in [7, 11) is 0. The molecule has 0 aromatic carbocycles. The van der Waals surface area contributed by atoms with Crippen molar-refractivity contribution in [1.29, 1.82) is 0 Å². The number of nitrogens with one attached hydrogen (secondary N) is 4. The number of hydrazine groups is 1. The molecule has 8 heteroatoms. The maximum Gasteiger partial charge on any atom is 0.273 e. The lowest BCUT2D eigenvalue weighted by Crippen LogP contribution is -2.45. The summed E-state index contributed by atoms with van der Waals surface area (Å²) in [6.45, 7) is 0. The zero-order chi connectivity index (χ0) is 19.6. The Morgan fingerprint density at radius 3 is 2.59 bits per heavy atom. The first-order valence-corrected chi connectivity index (χ1v) is 10.6. The summed E-state index contributed by atoms with van der Waals surface area (Å²) in [6.07, 6.45) is 13.1. The molecule has 0 bridgehead atoms. The molecule has 8 nitrogen and oxygen atoms in total. The summed E-state index contributed by atoms with van der Waals surface area (Å²) in [6, 6.07) is 4.36. The van der Waals surface area contributed by atoms with Crippen LogP contribution in [0, 0.1) is 5.92 Å². The van der Waals surface area contributed by atoms with Gasteiger partial charge in [-0.1, -0.05) is 12.8 Å². The van der Waals surface area contributed by atoms with Gasteiger partial charge in [0.05, 0.1) is 29.9 Å². The largest absolute Gasteiger partial charge is 0.351 e. The number of pyridine rings is 1. The molecular weight excluding hydrogens is 366 g/mol. The lowest BCUT2D eigenvalue weighted by molar-refractivity contribution is 0.0928. The SMILES string of the molecule is O=C(NC1CC(C2CCCC2)NN1)c1nc(C2CC2)ccc1Nc1cncnc1. The van der Waals surface area contributed by atoms with Gasteiger partial charge in [-0.25, -0.2) is 20.4 Å². The Balaban J connectivity index is 1.31. The van der Waals surface area contributed by atoms with E-state index >= 15 is 0 Å². The van der Waals surface area contributed by atoms with E-state index in [1.807, 2.05) is 12.1 Å². The third kappa shape index (κ3) is 4.23. The molecule has 4 N–H and O–H groups in total. The van der Waals surface area contributed by atoms with Crippen LogP contribution in [0.1, 0.15) is 67.0 Å². The summed E-state index contributed by atoms with van der Waals surface area (Å²) in [5.41, 5.74) is 9.44. The van der Waals surface area contributed by atoms with Crippen LogP contribution in [0.15, 0.2) is 30.9 Å². The van der Waals surface area contributed by atoms with Crippen LogP contribution in [0.5, 0.6) is 0 Å². The smallest absolute Gasteiger partial charge is 0.273 e. The molecule has 152 valence electrons. The molecule has 1 amide bonds. The van der Waals surface area contributed by atoms with Gasteiger partial charge in [0.15, 0.2) is 5.69 Å². The van der Waals surface area contributed by atoms with Crippen LogP contribution in [0.2, 0.25) is 0 Å². The molecule has 5 rings (SSSR count). The van der Waals surface area contributed by atoms with Crippen LogP contribution in [0.3, 0.4) is 0 Å². The molecular formula is C21H27N7O. The van der Waals surface area contributed by atoms with Gasteiger partial charge in [0.25, 0.3) is 5.91 Å². The predicted octanol–water partition coefficient (Wildman–Crippen LogP) is 2.61. The fourth-order valence-corrected chi connectivity index (χ4v) is 4.44. The maximum absolute atomic E-state index is 13.1. The predicted molar refractivity (Wildman–Crippen MR) is 109 cm³/mol. The van der Waals surface area contributed by atoms with Gasteiger partial charge >= 0.3 is 0 Å². The quantitative estimate of drug-likeness (QED) is 0.598. The van der Waals surface area contributed by atoms with Crippen LogP contribution in [-0.4, -0.2) is 33.1 Å². The highest BCUT2D eigenvalue weighted by molar-refractivity contribution is 5.98. The number of rotatable bonds is 6. The number of hydrogen-bond acceptors (Lipinski definition) is 7. The normalized spacial score (nSPS) is 24.6. The molecule has 29 heavy (non-hydrogen) atoms. The monoisotopic (exact) mass is 393 g/mol. The van der Waals surface area contributed by atoms with E-state index in [4.69, 9.17) is 4.98 Å². The van der Waals surface area contributed by atoms with Crippen molar-refractivity contribution >= 4 is 17.3 Å². The van der Waals surface area contributed by atoms with Crippen molar-refractivity contribution in [2.45, 2.75) is 63.1 Å². The van der Waals surface area contributed by atoms with Gasteiger partial charge < -0.3 is 10.6 Å². The highest BCUT2D eigenvalue weighted by atomic mass is 16.2. The Kier molecular flexibility index (Phi) is 5.12. The van der Waals surface area contributed by atoms with Gasteiger partial charge in [-0.2, -0.15) is 0 Å². The Labute approximate surface area is 170 Å². The van der Waals surface area contributed by atoms with Gasteiger partial charge in [-0.3, -0.25) is 10.2 Å². The van der Waals surface area contributed by atoms with Gasteiger partial charge in [0.2, 0.25) is 0 Å². The van der Waals surface area contributed by atoms with Gasteiger partial charge in [-0.05, 0) is 50.2 Å². The Morgan fingerprint density at radius 1 is 1.03 bits per heavy atom. The summed E-state index contributed by atoms with van der Waals surface area (Å²) < 4.78 is 0. The summed E-state index contributed by atoms with van der Waals surface area (Å²) in [5.74, 6) is 1.02. The highest BCUT2D eigenvalue weighted by Crippen LogP contribution is 2.39. The van der Waals surface area contributed by atoms with E-state index in [0.29, 0.717) is 29.3 Å². The van der Waals surface area contributed by atoms with Crippen molar-refractivity contribution in [2.24, 2.45) is 5.92 Å². The van der Waals surface area contributed by atoms with Crippen LogP contribution in [-0.2, 0) is 0 Å². The van der Waals surface area contributed by atoms with E-state index in [9.17, 15) is 4.79 Å². The van der Waals surface area contributed by atoms with Crippen molar-refractivity contribution in [2.75, 3.05) is 5.32 Å². The lowest BCUT2D eigenvalue weighted by Gasteiger charge is -2.17. The zero-order valence-corrected chi connectivity index (χ0v) is 16.4. The fraction of sp³-hybridized carbons (Fsp3) is 0.524. The molecule has 2 aromatic heterocycles. The molecule has 1 aliphatic heterocycles. The standard InChI is InChI=1S/C21H27N7O/c29-21(26-19-9-18(27-28-19)13-3-1-2-4-13)20-17(24-15-10-22-12-23-11-15)8-7-16(25-20)14-5-6-14/h7-8,10-14,18-19,24,27-28H,1-6,9H2,(H,26,29). The molecule has 2 aromatic rings. The third-order valence-corrected chi connectivity index (χ3v) is 6.17. The van der Waals surface area contributed by atoms with Crippen LogP contribution in [0.4, 0.5) is 11.4 Å². The second kappa shape index (κ2) is 8.04. The number of aromatic nitrogens is 3. The number of carbonyl (C=O) groups is 1. The van der Waals surface area contributed by atoms with E-state index in [0.717, 1.165) is 30.6 Å². The van der Waals surface area contributed by atoms with Crippen molar-refractivity contribution in [1.82, 2.24) is 31.1 Å². The maximum atomic E-state index is 13.1. The van der Waals surface area contributed by atoms with Crippen molar-refractivity contribution < 1.29 is 4.79 Å². The summed E-state index contributed by atoms with van der Waals surface area (Å²) >= 11 is 0. The van der Waals surface area contributed by atoms with Gasteiger partial charge in [0, 0.05) is 17.7 Å². The second-order valence-corrected chi connectivity index (χ2v) is 8.36. The highest BCUT2D eigenvalue weighted by Gasteiger charge is 2.33. The fourth-order valence-electron chi connectivity index (χ4n) is 4.44. The number of amides is 1. The van der Waals surface area contributed by atoms with Crippen LogP contribution >= 0.6 is 0 Å². The first kappa shape index (κ1) is 18.4. The first-order valence-electron chi connectivity index (χ1n) is 10.6. The Morgan fingerprint density at radius 2 is 1.83 bits per heavy atom. The second-order valence-electron chi connectivity index (χ2n) is 8.36. The molecule has 2 aliphatic carbocycles. The minimum Gasteiger partial charge on any atom is -0.351 e. The molecule has 2 atom stereocenters. The van der Waals surface area contributed by atoms with Crippen LogP contribution in [0.25, 0.3) is 0 Å². The van der Waals surface area contributed by atoms with E-state index in [-0.39, 0.29) is 12.1 Å². The molecule has 3 heterocycles. The Hall–Kier alpha value is -2.58. The summed E-state index contributed by atoms with van der Waals surface area (Å²) in [5, 5.41) is 6.35. The molecule has 1 saturated heterocycles. The average Bonchev–Trinajstić information content (AvgIpc) is 3.24. The van der Waals surface area contributed by atoms with E-state index < -0.39 is 0 Å². The summed E-state index contributed by atoms with van der Waals surface area (Å²) in [4.78, 5) is 25.9. The molecule has 3 fully saturated rings. The number of anilines is 2. The molecule has 3 aliphatic rings. The minimum absolute atomic E-state index is 0.0904. The van der Waals surface area contributed by atoms with Crippen molar-refractivity contribution in [3.05, 3.63) is 42.2 Å². The molecule has 2 saturated carbocycles. The van der Waals surface area contributed by atoms with Crippen molar-refractivity contribution in [3.63, 3.8) is 0 Å². The average molecular weight is 393 g/mol. The lowest BCUT2D eigenvalue weighted by atomic mass is 9.96. The third-order valence-electron chi connectivity index (χ3n) is 6.17. The number of nitrogens with zero attached hydrogens (tertiary/aromatic N) is 3. The topological polar surface area (TPSA) is 104 Å². The number of carbonyl (C=O) groups excluding carboxylic acids is 1. The Bertz CT molecular complexity index is 865. The van der Waals surface area contributed by atoms with E-state index in [2.05, 4.69) is 31.5 Å². The van der Waals surface area contributed by atoms with E-state index in [1.165, 1.54) is 32.0 Å².